The molecule has 1 aromatic heterocycles. The number of nitrogens with two attached hydrogens (primary N) is 1. The molecule has 1 fully saturated rings. The fourth-order valence-electron chi connectivity index (χ4n) is 3.24. The Hall–Kier alpha value is -2.97. The van der Waals surface area contributed by atoms with Gasteiger partial charge in [-0.1, -0.05) is 48.2 Å². The van der Waals surface area contributed by atoms with Gasteiger partial charge in [0.1, 0.15) is 11.6 Å². The average Bonchev–Trinajstić information content (AvgIpc) is 3.35. The fraction of sp³-hybridized carbons (Fsp3) is 0.286. The van der Waals surface area contributed by atoms with Crippen LogP contribution in [0.15, 0.2) is 61.1 Å². The Morgan fingerprint density at radius 3 is 2.77 bits per heavy atom. The molecule has 2 atom stereocenters. The Bertz CT molecular complexity index is 968. The number of nitrogens with zero attached hydrogens (tertiary/aromatic N) is 3. The number of aryl methyl sites for hydroxylation is 1. The van der Waals surface area contributed by atoms with Crippen LogP contribution in [0.4, 0.5) is 0 Å². The van der Waals surface area contributed by atoms with Crippen LogP contribution in [0.2, 0.25) is 0 Å². The van der Waals surface area contributed by atoms with Gasteiger partial charge in [-0.25, -0.2) is 9.78 Å². The lowest BCUT2D eigenvalue weighted by molar-refractivity contribution is -0.155. The van der Waals surface area contributed by atoms with Crippen LogP contribution < -0.4 is 5.73 Å². The molecule has 8 nitrogen and oxygen atoms in total. The molecule has 156 valence electrons. The van der Waals surface area contributed by atoms with E-state index in [2.05, 4.69) is 11.6 Å². The zero-order valence-electron chi connectivity index (χ0n) is 16.3. The number of primary amides is 1. The normalized spacial score (nSPS) is 18.9. The van der Waals surface area contributed by atoms with Crippen LogP contribution in [-0.4, -0.2) is 56.0 Å². The minimum absolute atomic E-state index is 0.113. The first kappa shape index (κ1) is 21.7. The van der Waals surface area contributed by atoms with Crippen molar-refractivity contribution in [2.45, 2.75) is 24.3 Å². The highest BCUT2D eigenvalue weighted by atomic mass is 32.2. The van der Waals surface area contributed by atoms with Gasteiger partial charge in [0.2, 0.25) is 5.12 Å². The van der Waals surface area contributed by atoms with E-state index in [4.69, 9.17) is 10.6 Å². The summed E-state index contributed by atoms with van der Waals surface area (Å²) in [6.07, 6.45) is 5.19. The Balaban J connectivity index is 1.73. The molecule has 2 N–H and O–H groups in total. The van der Waals surface area contributed by atoms with E-state index in [1.807, 2.05) is 12.0 Å². The monoisotopic (exact) mass is 426 g/mol. The second kappa shape index (κ2) is 10.2. The number of imidazole rings is 1. The van der Waals surface area contributed by atoms with Gasteiger partial charge in [-0.05, 0) is 6.42 Å². The van der Waals surface area contributed by atoms with Crippen molar-refractivity contribution in [1.82, 2.24) is 14.6 Å². The molecule has 0 aliphatic carbocycles. The molecule has 0 saturated carbocycles. The quantitative estimate of drug-likeness (QED) is 0.482. The van der Waals surface area contributed by atoms with Crippen LogP contribution in [0.1, 0.15) is 27.3 Å². The average molecular weight is 426 g/mol. The number of thioether (sulfide) groups is 1. The summed E-state index contributed by atoms with van der Waals surface area (Å²) in [4.78, 5) is 45.3. The largest absolute Gasteiger partial charge is 0.364 e. The predicted octanol–water partition coefficient (Wildman–Crippen LogP) is 1.87. The van der Waals surface area contributed by atoms with Crippen molar-refractivity contribution in [1.29, 1.82) is 0 Å². The number of benzene rings is 1. The van der Waals surface area contributed by atoms with Crippen LogP contribution in [0.5, 0.6) is 0 Å². The number of hydrogen-bond donors (Lipinski definition) is 1. The highest BCUT2D eigenvalue weighted by Crippen LogP contribution is 2.35. The third kappa shape index (κ3) is 5.14. The minimum atomic E-state index is -0.602. The van der Waals surface area contributed by atoms with Gasteiger partial charge in [0.05, 0.1) is 24.2 Å². The Labute approximate surface area is 178 Å². The van der Waals surface area contributed by atoms with E-state index in [9.17, 15) is 14.4 Å². The lowest BCUT2D eigenvalue weighted by Gasteiger charge is -2.22. The summed E-state index contributed by atoms with van der Waals surface area (Å²) in [6.45, 7) is 4.79. The number of carbonyl (C=O) groups excluding carboxylic acids is 3. The molecule has 0 radical (unpaired) electrons. The Kier molecular flexibility index (Phi) is 7.37. The van der Waals surface area contributed by atoms with Crippen molar-refractivity contribution < 1.29 is 19.2 Å². The third-order valence-electron chi connectivity index (χ3n) is 4.68. The SMILES string of the molecule is C=CCON1C[C@@H](SC(=O)c2ccccc2)C(=C=O)[C@H]1CCn1cnc(C(N)=O)c1. The summed E-state index contributed by atoms with van der Waals surface area (Å²) < 4.78 is 1.73. The van der Waals surface area contributed by atoms with E-state index in [-0.39, 0.29) is 28.7 Å². The number of carbonyl (C=O) groups is 2. The number of rotatable bonds is 9. The van der Waals surface area contributed by atoms with Crippen LogP contribution in [-0.2, 0) is 16.2 Å². The van der Waals surface area contributed by atoms with Crippen LogP contribution in [0.3, 0.4) is 0 Å². The number of aromatic nitrogens is 2. The lowest BCUT2D eigenvalue weighted by atomic mass is 10.1. The van der Waals surface area contributed by atoms with Crippen LogP contribution in [0.25, 0.3) is 0 Å². The second-order valence-corrected chi connectivity index (χ2v) is 7.84. The molecule has 1 aromatic carbocycles. The first-order valence-corrected chi connectivity index (χ1v) is 10.2. The summed E-state index contributed by atoms with van der Waals surface area (Å²) in [7, 11) is 0. The van der Waals surface area contributed by atoms with E-state index in [1.54, 1.807) is 46.2 Å². The maximum Gasteiger partial charge on any atom is 0.268 e. The van der Waals surface area contributed by atoms with Gasteiger partial charge in [0.15, 0.2) is 0 Å². The van der Waals surface area contributed by atoms with Gasteiger partial charge in [-0.3, -0.25) is 14.4 Å². The smallest absolute Gasteiger partial charge is 0.268 e. The predicted molar refractivity (Wildman–Crippen MR) is 113 cm³/mol. The van der Waals surface area contributed by atoms with Crippen LogP contribution in [0, 0.1) is 0 Å². The summed E-state index contributed by atoms with van der Waals surface area (Å²) in [5.74, 6) is 1.43. The Morgan fingerprint density at radius 1 is 1.37 bits per heavy atom. The third-order valence-corrected chi connectivity index (χ3v) is 5.82. The Morgan fingerprint density at radius 2 is 2.13 bits per heavy atom. The summed E-state index contributed by atoms with van der Waals surface area (Å²) in [5.41, 5.74) is 6.46. The number of hydroxylamine groups is 2. The lowest BCUT2D eigenvalue weighted by Crippen LogP contribution is -2.31. The summed E-state index contributed by atoms with van der Waals surface area (Å²) >= 11 is 1.10. The first-order chi connectivity index (χ1) is 14.5. The molecule has 1 aliphatic heterocycles. The maximum absolute atomic E-state index is 12.6. The van der Waals surface area contributed by atoms with Crippen molar-refractivity contribution in [3.05, 3.63) is 72.3 Å². The zero-order valence-corrected chi connectivity index (χ0v) is 17.1. The van der Waals surface area contributed by atoms with Gasteiger partial charge in [-0.2, -0.15) is 5.06 Å². The zero-order chi connectivity index (χ0) is 21.5. The minimum Gasteiger partial charge on any atom is -0.364 e. The van der Waals surface area contributed by atoms with E-state index in [1.165, 1.54) is 6.33 Å². The molecule has 0 unspecified atom stereocenters. The molecular weight excluding hydrogens is 404 g/mol. The molecule has 9 heteroatoms. The van der Waals surface area contributed by atoms with Crippen molar-refractivity contribution in [3.8, 4) is 0 Å². The van der Waals surface area contributed by atoms with Gasteiger partial charge in [-0.15, -0.1) is 6.58 Å². The summed E-state index contributed by atoms with van der Waals surface area (Å²) in [6, 6.07) is 8.57. The number of hydrogen-bond acceptors (Lipinski definition) is 7. The van der Waals surface area contributed by atoms with E-state index < -0.39 is 5.91 Å². The molecule has 3 rings (SSSR count). The molecule has 1 saturated heterocycles. The molecule has 2 heterocycles. The van der Waals surface area contributed by atoms with Gasteiger partial charge in [0.25, 0.3) is 5.91 Å². The summed E-state index contributed by atoms with van der Waals surface area (Å²) in [5, 5.41) is 1.22. The molecule has 0 bridgehead atoms. The topological polar surface area (TPSA) is 108 Å². The highest BCUT2D eigenvalue weighted by Gasteiger charge is 2.40. The van der Waals surface area contributed by atoms with Gasteiger partial charge in [0, 0.05) is 30.4 Å². The van der Waals surface area contributed by atoms with Crippen molar-refractivity contribution in [2.75, 3.05) is 13.2 Å². The van der Waals surface area contributed by atoms with Gasteiger partial charge < -0.3 is 10.3 Å². The van der Waals surface area contributed by atoms with Crippen molar-refractivity contribution in [2.24, 2.45) is 5.73 Å². The van der Waals surface area contributed by atoms with E-state index >= 15 is 0 Å². The molecule has 0 spiro atoms. The molecular formula is C21H22N4O4S. The standard InChI is InChI=1S/C21H22N4O4S/c1-2-10-29-25-12-19(30-21(28)15-6-4-3-5-7-15)16(13-26)18(25)8-9-24-11-17(20(22)27)23-14-24/h2-7,11,14,18-19H,1,8-10,12H2,(H2,22,27)/t18-,19-/m1/s1. The van der Waals surface area contributed by atoms with Crippen molar-refractivity contribution >= 4 is 28.7 Å². The molecule has 1 aliphatic rings. The highest BCUT2D eigenvalue weighted by molar-refractivity contribution is 8.14. The van der Waals surface area contributed by atoms with Crippen LogP contribution >= 0.6 is 11.8 Å². The molecule has 2 aromatic rings. The number of amides is 1. The second-order valence-electron chi connectivity index (χ2n) is 6.67. The molecule has 30 heavy (non-hydrogen) atoms. The van der Waals surface area contributed by atoms with E-state index in [0.717, 1.165) is 11.8 Å². The maximum atomic E-state index is 12.6. The van der Waals surface area contributed by atoms with Crippen molar-refractivity contribution in [3.63, 3.8) is 0 Å². The first-order valence-electron chi connectivity index (χ1n) is 9.36. The molecule has 1 amide bonds. The van der Waals surface area contributed by atoms with E-state index in [0.29, 0.717) is 30.6 Å². The van der Waals surface area contributed by atoms with Gasteiger partial charge >= 0.3 is 0 Å². The fourth-order valence-corrected chi connectivity index (χ4v) is 4.32.